The maximum absolute atomic E-state index is 12.4. The second kappa shape index (κ2) is 10.1. The summed E-state index contributed by atoms with van der Waals surface area (Å²) in [5.74, 6) is 1.05. The van der Waals surface area contributed by atoms with Crippen LogP contribution in [-0.2, 0) is 11.4 Å². The highest BCUT2D eigenvalue weighted by Crippen LogP contribution is 2.21. The van der Waals surface area contributed by atoms with Gasteiger partial charge in [-0.1, -0.05) is 18.2 Å². The summed E-state index contributed by atoms with van der Waals surface area (Å²) in [4.78, 5) is 16.7. The topological polar surface area (TPSA) is 63.2 Å². The molecule has 0 aliphatic carbocycles. The lowest BCUT2D eigenvalue weighted by Crippen LogP contribution is -2.39. The van der Waals surface area contributed by atoms with Gasteiger partial charge in [0, 0.05) is 12.1 Å². The van der Waals surface area contributed by atoms with Gasteiger partial charge in [0.25, 0.3) is 0 Å². The Hall–Kier alpha value is -2.11. The van der Waals surface area contributed by atoms with Crippen LogP contribution in [0.2, 0.25) is 0 Å². The minimum Gasteiger partial charge on any atom is -0.487 e. The van der Waals surface area contributed by atoms with E-state index < -0.39 is 0 Å². The molecule has 1 fully saturated rings. The van der Waals surface area contributed by atoms with E-state index in [9.17, 15) is 4.79 Å². The molecule has 140 valence electrons. The van der Waals surface area contributed by atoms with E-state index in [1.807, 2.05) is 49.4 Å². The molecule has 2 heterocycles. The average Bonchev–Trinajstić information content (AvgIpc) is 2.68. The Morgan fingerprint density at radius 2 is 2.08 bits per heavy atom. The molecule has 0 radical (unpaired) electrons. The predicted octanol–water partition coefficient (Wildman–Crippen LogP) is 3.26. The fourth-order valence-corrected chi connectivity index (χ4v) is 3.01. The summed E-state index contributed by atoms with van der Waals surface area (Å²) >= 11 is 0. The van der Waals surface area contributed by atoms with Crippen LogP contribution in [-0.4, -0.2) is 24.0 Å². The molecule has 26 heavy (non-hydrogen) atoms. The summed E-state index contributed by atoms with van der Waals surface area (Å²) in [6.07, 6.45) is 3.57. The van der Waals surface area contributed by atoms with Crippen LogP contribution in [0.15, 0.2) is 48.7 Å². The van der Waals surface area contributed by atoms with E-state index in [0.29, 0.717) is 6.61 Å². The fourth-order valence-electron chi connectivity index (χ4n) is 3.01. The van der Waals surface area contributed by atoms with Crippen molar-refractivity contribution in [2.45, 2.75) is 32.4 Å². The highest BCUT2D eigenvalue weighted by atomic mass is 35.5. The molecule has 1 aliphatic rings. The molecule has 0 saturated carbocycles. The van der Waals surface area contributed by atoms with Gasteiger partial charge in [0.05, 0.1) is 11.7 Å². The van der Waals surface area contributed by atoms with E-state index in [1.54, 1.807) is 6.20 Å². The lowest BCUT2D eigenvalue weighted by molar-refractivity contribution is -0.126. The first-order chi connectivity index (χ1) is 12.2. The van der Waals surface area contributed by atoms with Crippen LogP contribution >= 0.6 is 12.4 Å². The van der Waals surface area contributed by atoms with Gasteiger partial charge in [0.15, 0.2) is 0 Å². The number of nitrogens with one attached hydrogen (secondary N) is 2. The third kappa shape index (κ3) is 5.71. The third-order valence-corrected chi connectivity index (χ3v) is 4.54. The number of benzene rings is 1. The molecular weight excluding hydrogens is 350 g/mol. The van der Waals surface area contributed by atoms with Crippen molar-refractivity contribution in [1.82, 2.24) is 15.6 Å². The molecule has 2 aromatic rings. The Morgan fingerprint density at radius 3 is 2.81 bits per heavy atom. The quantitative estimate of drug-likeness (QED) is 0.813. The molecule has 1 saturated heterocycles. The van der Waals surface area contributed by atoms with E-state index in [4.69, 9.17) is 4.74 Å². The maximum Gasteiger partial charge on any atom is 0.223 e. The van der Waals surface area contributed by atoms with Crippen molar-refractivity contribution in [3.05, 3.63) is 59.9 Å². The first-order valence-corrected chi connectivity index (χ1v) is 8.86. The number of aromatic nitrogens is 1. The lowest BCUT2D eigenvalue weighted by atomic mass is 9.96. The van der Waals surface area contributed by atoms with Gasteiger partial charge >= 0.3 is 0 Å². The van der Waals surface area contributed by atoms with E-state index in [2.05, 4.69) is 15.6 Å². The van der Waals surface area contributed by atoms with Crippen molar-refractivity contribution in [2.24, 2.45) is 5.92 Å². The third-order valence-electron chi connectivity index (χ3n) is 4.54. The molecule has 0 bridgehead atoms. The Balaban J connectivity index is 0.00000243. The summed E-state index contributed by atoms with van der Waals surface area (Å²) < 4.78 is 5.82. The number of carbonyl (C=O) groups is 1. The summed E-state index contributed by atoms with van der Waals surface area (Å²) in [7, 11) is 0. The molecule has 1 amide bonds. The zero-order valence-corrected chi connectivity index (χ0v) is 15.8. The molecule has 1 aromatic heterocycles. The van der Waals surface area contributed by atoms with Crippen LogP contribution in [0.4, 0.5) is 0 Å². The molecule has 1 atom stereocenters. The highest BCUT2D eigenvalue weighted by molar-refractivity contribution is 5.85. The molecule has 1 unspecified atom stereocenters. The van der Waals surface area contributed by atoms with Crippen molar-refractivity contribution < 1.29 is 9.53 Å². The standard InChI is InChI=1S/C20H25N3O2.ClH/c1-15(23-20(24)16-8-11-21-12-9-16)17-5-4-7-19(13-17)25-14-18-6-2-3-10-22-18;/h2-7,10,13,15-16,21H,8-9,11-12,14H2,1H3,(H,23,24);1H. The zero-order chi connectivity index (χ0) is 17.5. The number of nitrogens with zero attached hydrogens (tertiary/aromatic N) is 1. The predicted molar refractivity (Wildman–Crippen MR) is 104 cm³/mol. The van der Waals surface area contributed by atoms with Crippen LogP contribution < -0.4 is 15.4 Å². The molecule has 5 nitrogen and oxygen atoms in total. The molecule has 3 rings (SSSR count). The van der Waals surface area contributed by atoms with E-state index in [-0.39, 0.29) is 30.3 Å². The number of piperidine rings is 1. The maximum atomic E-state index is 12.4. The van der Waals surface area contributed by atoms with Gasteiger partial charge in [0.2, 0.25) is 5.91 Å². The summed E-state index contributed by atoms with van der Waals surface area (Å²) in [6, 6.07) is 13.6. The number of hydrogen-bond donors (Lipinski definition) is 2. The Bertz CT molecular complexity index is 690. The van der Waals surface area contributed by atoms with Crippen LogP contribution in [0.5, 0.6) is 5.75 Å². The van der Waals surface area contributed by atoms with Gasteiger partial charge in [-0.2, -0.15) is 0 Å². The summed E-state index contributed by atoms with van der Waals surface area (Å²) in [5.41, 5.74) is 1.93. The van der Waals surface area contributed by atoms with Crippen molar-refractivity contribution in [3.63, 3.8) is 0 Å². The van der Waals surface area contributed by atoms with Crippen LogP contribution in [0.25, 0.3) is 0 Å². The summed E-state index contributed by atoms with van der Waals surface area (Å²) in [6.45, 7) is 4.28. The number of ether oxygens (including phenoxy) is 1. The summed E-state index contributed by atoms with van der Waals surface area (Å²) in [5, 5.41) is 6.42. The first kappa shape index (κ1) is 20.2. The molecule has 0 spiro atoms. The van der Waals surface area contributed by atoms with E-state index >= 15 is 0 Å². The van der Waals surface area contributed by atoms with E-state index in [0.717, 1.165) is 42.9 Å². The van der Waals surface area contributed by atoms with Crippen LogP contribution in [0, 0.1) is 5.92 Å². The van der Waals surface area contributed by atoms with Crippen molar-refractivity contribution in [3.8, 4) is 5.75 Å². The highest BCUT2D eigenvalue weighted by Gasteiger charge is 2.22. The van der Waals surface area contributed by atoms with Crippen molar-refractivity contribution >= 4 is 18.3 Å². The SMILES string of the molecule is CC(NC(=O)C1CCNCC1)c1cccc(OCc2ccccn2)c1.Cl. The van der Waals surface area contributed by atoms with E-state index in [1.165, 1.54) is 0 Å². The normalized spacial score (nSPS) is 15.6. The van der Waals surface area contributed by atoms with Gasteiger partial charge in [-0.15, -0.1) is 12.4 Å². The van der Waals surface area contributed by atoms with Gasteiger partial charge in [0.1, 0.15) is 12.4 Å². The number of hydrogen-bond acceptors (Lipinski definition) is 4. The second-order valence-corrected chi connectivity index (χ2v) is 6.44. The number of halogens is 1. The van der Waals surface area contributed by atoms with Crippen LogP contribution in [0.1, 0.15) is 37.1 Å². The van der Waals surface area contributed by atoms with Crippen molar-refractivity contribution in [2.75, 3.05) is 13.1 Å². The molecule has 1 aliphatic heterocycles. The number of pyridine rings is 1. The Kier molecular flexibility index (Phi) is 7.88. The Morgan fingerprint density at radius 1 is 1.27 bits per heavy atom. The van der Waals surface area contributed by atoms with Crippen LogP contribution in [0.3, 0.4) is 0 Å². The molecule has 1 aromatic carbocycles. The van der Waals surface area contributed by atoms with Gasteiger partial charge in [-0.05, 0) is 62.7 Å². The Labute approximate surface area is 161 Å². The number of amides is 1. The molecular formula is C20H26ClN3O2. The number of rotatable bonds is 6. The minimum atomic E-state index is -0.0409. The van der Waals surface area contributed by atoms with Gasteiger partial charge < -0.3 is 15.4 Å². The molecule has 2 N–H and O–H groups in total. The van der Waals surface area contributed by atoms with Gasteiger partial charge in [-0.25, -0.2) is 0 Å². The van der Waals surface area contributed by atoms with Crippen molar-refractivity contribution in [1.29, 1.82) is 0 Å². The zero-order valence-electron chi connectivity index (χ0n) is 15.0. The first-order valence-electron chi connectivity index (χ1n) is 8.86. The largest absolute Gasteiger partial charge is 0.487 e. The minimum absolute atomic E-state index is 0. The smallest absolute Gasteiger partial charge is 0.223 e. The number of carbonyl (C=O) groups excluding carboxylic acids is 1. The average molecular weight is 376 g/mol. The fraction of sp³-hybridized carbons (Fsp3) is 0.400. The monoisotopic (exact) mass is 375 g/mol. The molecule has 6 heteroatoms. The lowest BCUT2D eigenvalue weighted by Gasteiger charge is -2.24. The second-order valence-electron chi connectivity index (χ2n) is 6.44. The van der Waals surface area contributed by atoms with Gasteiger partial charge in [-0.3, -0.25) is 9.78 Å².